The summed E-state index contributed by atoms with van der Waals surface area (Å²) in [6, 6.07) is -0.413. The van der Waals surface area contributed by atoms with E-state index in [1.807, 2.05) is 5.32 Å². The minimum absolute atomic E-state index is 0.0711. The van der Waals surface area contributed by atoms with Crippen molar-refractivity contribution in [3.05, 3.63) is 0 Å². The van der Waals surface area contributed by atoms with E-state index in [4.69, 9.17) is 10.2 Å². The van der Waals surface area contributed by atoms with E-state index < -0.39 is 18.2 Å². The van der Waals surface area contributed by atoms with Gasteiger partial charge in [-0.2, -0.15) is 0 Å². The summed E-state index contributed by atoms with van der Waals surface area (Å²) in [4.78, 5) is 19.9. The van der Waals surface area contributed by atoms with E-state index in [2.05, 4.69) is 5.32 Å². The van der Waals surface area contributed by atoms with Gasteiger partial charge in [0, 0.05) is 12.6 Å². The average molecular weight is 162 g/mol. The highest BCUT2D eigenvalue weighted by molar-refractivity contribution is 5.66. The molecular weight excluding hydrogens is 152 g/mol. The molecule has 0 saturated carbocycles. The van der Waals surface area contributed by atoms with Crippen molar-refractivity contribution in [1.82, 2.24) is 10.6 Å². The molecule has 0 aromatic carbocycles. The van der Waals surface area contributed by atoms with Crippen molar-refractivity contribution in [1.29, 1.82) is 0 Å². The molecule has 0 saturated heterocycles. The van der Waals surface area contributed by atoms with Crippen molar-refractivity contribution < 1.29 is 19.8 Å². The van der Waals surface area contributed by atoms with Crippen LogP contribution in [0.2, 0.25) is 0 Å². The van der Waals surface area contributed by atoms with Crippen LogP contribution in [0.15, 0.2) is 0 Å². The maximum atomic E-state index is 9.97. The predicted octanol–water partition coefficient (Wildman–Crippen LogP) is -0.0899. The van der Waals surface area contributed by atoms with Gasteiger partial charge in [-0.15, -0.1) is 0 Å². The summed E-state index contributed by atoms with van der Waals surface area (Å²) in [5.74, 6) is 0. The number of amides is 2. The normalized spacial score (nSPS) is 11.7. The van der Waals surface area contributed by atoms with Gasteiger partial charge in [-0.25, -0.2) is 9.59 Å². The number of hydrogen-bond acceptors (Lipinski definition) is 2. The molecule has 0 rings (SSSR count). The van der Waals surface area contributed by atoms with E-state index in [1.54, 1.807) is 6.92 Å². The van der Waals surface area contributed by atoms with Crippen LogP contribution in [0.4, 0.5) is 9.59 Å². The molecule has 11 heavy (non-hydrogen) atoms. The average Bonchev–Trinajstić information content (AvgIpc) is 1.82. The fourth-order valence-corrected chi connectivity index (χ4v) is 0.502. The highest BCUT2D eigenvalue weighted by Gasteiger charge is 2.05. The van der Waals surface area contributed by atoms with Gasteiger partial charge in [0.15, 0.2) is 0 Å². The lowest BCUT2D eigenvalue weighted by molar-refractivity contribution is 0.184. The topological polar surface area (TPSA) is 98.7 Å². The highest BCUT2D eigenvalue weighted by Crippen LogP contribution is 1.77. The number of nitrogens with one attached hydrogen (secondary N) is 2. The second kappa shape index (κ2) is 4.37. The second-order valence-corrected chi connectivity index (χ2v) is 2.04. The Morgan fingerprint density at radius 2 is 1.91 bits per heavy atom. The third kappa shape index (κ3) is 6.42. The van der Waals surface area contributed by atoms with Crippen LogP contribution in [0.3, 0.4) is 0 Å². The summed E-state index contributed by atoms with van der Waals surface area (Å²) in [6.45, 7) is 1.63. The first-order chi connectivity index (χ1) is 5.02. The van der Waals surface area contributed by atoms with Crippen molar-refractivity contribution in [2.24, 2.45) is 0 Å². The summed E-state index contributed by atoms with van der Waals surface area (Å²) < 4.78 is 0. The maximum absolute atomic E-state index is 9.97. The van der Waals surface area contributed by atoms with Crippen molar-refractivity contribution >= 4 is 12.2 Å². The van der Waals surface area contributed by atoms with Crippen molar-refractivity contribution in [3.8, 4) is 0 Å². The molecule has 0 aromatic heterocycles. The Hall–Kier alpha value is -1.46. The molecule has 4 N–H and O–H groups in total. The van der Waals surface area contributed by atoms with E-state index in [9.17, 15) is 9.59 Å². The number of carbonyl (C=O) groups is 2. The first kappa shape index (κ1) is 9.54. The van der Waals surface area contributed by atoms with Gasteiger partial charge < -0.3 is 20.8 Å². The highest BCUT2D eigenvalue weighted by atomic mass is 16.4. The van der Waals surface area contributed by atoms with Gasteiger partial charge in [0.05, 0.1) is 0 Å². The van der Waals surface area contributed by atoms with Crippen LogP contribution in [0.1, 0.15) is 6.92 Å². The molecule has 0 unspecified atom stereocenters. The standard InChI is InChI=1S/C5H10N2O4/c1-3(7-5(10)11)2-6-4(8)9/h3,6-7H,2H2,1H3,(H,8,9)(H,10,11)/t3-/m1/s1. The third-order valence-electron chi connectivity index (χ3n) is 0.929. The lowest BCUT2D eigenvalue weighted by atomic mass is 10.3. The summed E-state index contributed by atoms with van der Waals surface area (Å²) in [6.07, 6.45) is -2.33. The van der Waals surface area contributed by atoms with Gasteiger partial charge in [-0.3, -0.25) is 0 Å². The first-order valence-corrected chi connectivity index (χ1v) is 2.98. The molecule has 64 valence electrons. The fourth-order valence-electron chi connectivity index (χ4n) is 0.502. The number of carboxylic acid groups (broad SMARTS) is 2. The predicted molar refractivity (Wildman–Crippen MR) is 36.6 cm³/mol. The molecule has 0 aromatic rings. The minimum atomic E-state index is -1.16. The Kier molecular flexibility index (Phi) is 3.79. The Bertz CT molecular complexity index is 159. The molecule has 1 atom stereocenters. The Morgan fingerprint density at radius 3 is 2.27 bits per heavy atom. The van der Waals surface area contributed by atoms with Crippen LogP contribution < -0.4 is 10.6 Å². The molecule has 0 heterocycles. The molecule has 0 bridgehead atoms. The molecule has 0 aliphatic heterocycles. The van der Waals surface area contributed by atoms with Gasteiger partial charge in [-0.05, 0) is 6.92 Å². The molecular formula is C5H10N2O4. The van der Waals surface area contributed by atoms with Crippen LogP contribution >= 0.6 is 0 Å². The van der Waals surface area contributed by atoms with E-state index in [0.29, 0.717) is 0 Å². The Labute approximate surface area is 63.2 Å². The van der Waals surface area contributed by atoms with Crippen molar-refractivity contribution in [2.45, 2.75) is 13.0 Å². The van der Waals surface area contributed by atoms with Crippen LogP contribution in [-0.2, 0) is 0 Å². The molecule has 0 aliphatic rings. The quantitative estimate of drug-likeness (QED) is 0.466. The summed E-state index contributed by atoms with van der Waals surface area (Å²) >= 11 is 0. The summed E-state index contributed by atoms with van der Waals surface area (Å²) in [5, 5.41) is 20.4. The van der Waals surface area contributed by atoms with E-state index in [0.717, 1.165) is 0 Å². The number of rotatable bonds is 3. The van der Waals surface area contributed by atoms with Crippen LogP contribution in [-0.4, -0.2) is 35.0 Å². The largest absolute Gasteiger partial charge is 0.465 e. The lowest BCUT2D eigenvalue weighted by Crippen LogP contribution is -2.40. The van der Waals surface area contributed by atoms with Crippen molar-refractivity contribution in [3.63, 3.8) is 0 Å². The third-order valence-corrected chi connectivity index (χ3v) is 0.929. The summed E-state index contributed by atoms with van der Waals surface area (Å²) in [5.41, 5.74) is 0. The summed E-state index contributed by atoms with van der Waals surface area (Å²) in [7, 11) is 0. The zero-order chi connectivity index (χ0) is 8.85. The fraction of sp³-hybridized carbons (Fsp3) is 0.600. The van der Waals surface area contributed by atoms with E-state index >= 15 is 0 Å². The van der Waals surface area contributed by atoms with E-state index in [1.165, 1.54) is 0 Å². The molecule has 6 heteroatoms. The zero-order valence-corrected chi connectivity index (χ0v) is 6.00. The van der Waals surface area contributed by atoms with Crippen molar-refractivity contribution in [2.75, 3.05) is 6.54 Å². The Morgan fingerprint density at radius 1 is 1.36 bits per heavy atom. The first-order valence-electron chi connectivity index (χ1n) is 2.98. The smallest absolute Gasteiger partial charge is 0.404 e. The molecule has 0 fully saturated rings. The van der Waals surface area contributed by atoms with Crippen LogP contribution in [0, 0.1) is 0 Å². The Balaban J connectivity index is 3.44. The zero-order valence-electron chi connectivity index (χ0n) is 6.00. The van der Waals surface area contributed by atoms with Gasteiger partial charge in [0.1, 0.15) is 0 Å². The number of hydrogen-bond donors (Lipinski definition) is 4. The maximum Gasteiger partial charge on any atom is 0.404 e. The second-order valence-electron chi connectivity index (χ2n) is 2.04. The lowest BCUT2D eigenvalue weighted by Gasteiger charge is -2.09. The monoisotopic (exact) mass is 162 g/mol. The molecule has 0 spiro atoms. The van der Waals surface area contributed by atoms with Gasteiger partial charge in [-0.1, -0.05) is 0 Å². The van der Waals surface area contributed by atoms with Crippen LogP contribution in [0.5, 0.6) is 0 Å². The molecule has 6 nitrogen and oxygen atoms in total. The molecule has 0 radical (unpaired) electrons. The molecule has 2 amide bonds. The van der Waals surface area contributed by atoms with E-state index in [-0.39, 0.29) is 6.54 Å². The van der Waals surface area contributed by atoms with Crippen LogP contribution in [0.25, 0.3) is 0 Å². The molecule has 0 aliphatic carbocycles. The SMILES string of the molecule is C[C@H](CNC(=O)O)NC(=O)O. The van der Waals surface area contributed by atoms with Gasteiger partial charge in [0.2, 0.25) is 0 Å². The van der Waals surface area contributed by atoms with Gasteiger partial charge in [0.25, 0.3) is 0 Å². The minimum Gasteiger partial charge on any atom is -0.465 e. The van der Waals surface area contributed by atoms with Gasteiger partial charge >= 0.3 is 12.2 Å².